The summed E-state index contributed by atoms with van der Waals surface area (Å²) in [6, 6.07) is 5.37. The van der Waals surface area contributed by atoms with Gasteiger partial charge in [-0.1, -0.05) is 5.16 Å². The number of likely N-dealkylation sites (tertiary alicyclic amines) is 1. The summed E-state index contributed by atoms with van der Waals surface area (Å²) in [4.78, 5) is 19.9. The van der Waals surface area contributed by atoms with Crippen molar-refractivity contribution in [2.45, 2.75) is 19.4 Å². The number of carbonyl (C=O) groups excluding carboxylic acids is 1. The molecular formula is C16H17N5O2. The normalized spacial score (nSPS) is 17.1. The Kier molecular flexibility index (Phi) is 3.98. The SMILES string of the molecule is Cc1cc(-c2cc(C(=O)N(C)[C@@H]3CCN(C#N)C3)on2)ccn1. The molecule has 0 saturated carbocycles. The fourth-order valence-electron chi connectivity index (χ4n) is 2.71. The second-order valence-electron chi connectivity index (χ2n) is 5.67. The van der Waals surface area contributed by atoms with Crippen LogP contribution in [0.3, 0.4) is 0 Å². The Morgan fingerprint density at radius 3 is 3.04 bits per heavy atom. The average Bonchev–Trinajstić information content (AvgIpc) is 3.22. The highest BCUT2D eigenvalue weighted by molar-refractivity contribution is 5.92. The topological polar surface area (TPSA) is 86.3 Å². The lowest BCUT2D eigenvalue weighted by molar-refractivity contribution is 0.0697. The van der Waals surface area contributed by atoms with Gasteiger partial charge in [0.15, 0.2) is 6.19 Å². The molecule has 3 rings (SSSR count). The van der Waals surface area contributed by atoms with Crippen LogP contribution in [-0.2, 0) is 0 Å². The molecule has 0 bridgehead atoms. The average molecular weight is 311 g/mol. The summed E-state index contributed by atoms with van der Waals surface area (Å²) in [6.45, 7) is 3.13. The van der Waals surface area contributed by atoms with Gasteiger partial charge in [-0.25, -0.2) is 0 Å². The van der Waals surface area contributed by atoms with E-state index in [2.05, 4.69) is 16.3 Å². The van der Waals surface area contributed by atoms with Gasteiger partial charge in [-0.05, 0) is 25.5 Å². The smallest absolute Gasteiger partial charge is 0.292 e. The molecule has 2 aromatic heterocycles. The molecule has 1 aliphatic rings. The van der Waals surface area contributed by atoms with Crippen LogP contribution in [0.15, 0.2) is 28.9 Å². The molecule has 0 spiro atoms. The van der Waals surface area contributed by atoms with Gasteiger partial charge in [0.05, 0.1) is 6.04 Å². The van der Waals surface area contributed by atoms with Gasteiger partial charge in [0.1, 0.15) is 5.69 Å². The fraction of sp³-hybridized carbons (Fsp3) is 0.375. The zero-order valence-electron chi connectivity index (χ0n) is 13.1. The minimum Gasteiger partial charge on any atom is -0.350 e. The second-order valence-corrected chi connectivity index (χ2v) is 5.67. The van der Waals surface area contributed by atoms with E-state index in [-0.39, 0.29) is 17.7 Å². The van der Waals surface area contributed by atoms with Crippen LogP contribution < -0.4 is 0 Å². The molecule has 1 aliphatic heterocycles. The number of rotatable bonds is 3. The molecule has 0 N–H and O–H groups in total. The van der Waals surface area contributed by atoms with Crippen LogP contribution in [0.2, 0.25) is 0 Å². The molecule has 2 aromatic rings. The van der Waals surface area contributed by atoms with Crippen molar-refractivity contribution in [1.82, 2.24) is 19.9 Å². The Labute approximate surface area is 134 Å². The van der Waals surface area contributed by atoms with Crippen molar-refractivity contribution in [2.75, 3.05) is 20.1 Å². The molecule has 0 unspecified atom stereocenters. The third kappa shape index (κ3) is 3.01. The van der Waals surface area contributed by atoms with Gasteiger partial charge in [-0.3, -0.25) is 9.78 Å². The van der Waals surface area contributed by atoms with E-state index >= 15 is 0 Å². The van der Waals surface area contributed by atoms with Gasteiger partial charge in [0.2, 0.25) is 5.76 Å². The highest BCUT2D eigenvalue weighted by Gasteiger charge is 2.30. The number of aromatic nitrogens is 2. The molecule has 0 aromatic carbocycles. The van der Waals surface area contributed by atoms with Crippen LogP contribution in [0.5, 0.6) is 0 Å². The first kappa shape index (κ1) is 15.0. The lowest BCUT2D eigenvalue weighted by atomic mass is 10.1. The van der Waals surface area contributed by atoms with Gasteiger partial charge < -0.3 is 14.3 Å². The lowest BCUT2D eigenvalue weighted by Gasteiger charge is -2.22. The van der Waals surface area contributed by atoms with E-state index in [1.807, 2.05) is 19.1 Å². The van der Waals surface area contributed by atoms with Crippen LogP contribution in [-0.4, -0.2) is 52.0 Å². The summed E-state index contributed by atoms with van der Waals surface area (Å²) in [5.74, 6) is -0.0216. The molecule has 118 valence electrons. The summed E-state index contributed by atoms with van der Waals surface area (Å²) in [6.07, 6.45) is 4.59. The van der Waals surface area contributed by atoms with E-state index in [4.69, 9.17) is 9.78 Å². The number of hydrogen-bond donors (Lipinski definition) is 0. The minimum absolute atomic E-state index is 0.0128. The summed E-state index contributed by atoms with van der Waals surface area (Å²) < 4.78 is 5.21. The quantitative estimate of drug-likeness (QED) is 0.801. The van der Waals surface area contributed by atoms with Gasteiger partial charge in [0.25, 0.3) is 5.91 Å². The van der Waals surface area contributed by atoms with E-state index in [0.29, 0.717) is 18.8 Å². The lowest BCUT2D eigenvalue weighted by Crippen LogP contribution is -2.38. The number of amides is 1. The van der Waals surface area contributed by atoms with Crippen molar-refractivity contribution in [2.24, 2.45) is 0 Å². The fourth-order valence-corrected chi connectivity index (χ4v) is 2.71. The molecule has 7 heteroatoms. The highest BCUT2D eigenvalue weighted by atomic mass is 16.5. The summed E-state index contributed by atoms with van der Waals surface area (Å²) >= 11 is 0. The number of pyridine rings is 1. The number of carbonyl (C=O) groups is 1. The summed E-state index contributed by atoms with van der Waals surface area (Å²) in [5, 5.41) is 12.9. The molecule has 0 radical (unpaired) electrons. The Balaban J connectivity index is 1.75. The van der Waals surface area contributed by atoms with E-state index in [0.717, 1.165) is 17.7 Å². The van der Waals surface area contributed by atoms with Crippen molar-refractivity contribution in [3.8, 4) is 17.5 Å². The maximum absolute atomic E-state index is 12.5. The van der Waals surface area contributed by atoms with Crippen LogP contribution in [0.25, 0.3) is 11.3 Å². The molecular weight excluding hydrogens is 294 g/mol. The van der Waals surface area contributed by atoms with Gasteiger partial charge in [0, 0.05) is 43.7 Å². The largest absolute Gasteiger partial charge is 0.350 e. The van der Waals surface area contributed by atoms with E-state index in [9.17, 15) is 4.79 Å². The van der Waals surface area contributed by atoms with Gasteiger partial charge >= 0.3 is 0 Å². The first-order valence-corrected chi connectivity index (χ1v) is 7.40. The molecule has 7 nitrogen and oxygen atoms in total. The minimum atomic E-state index is -0.223. The first-order valence-electron chi connectivity index (χ1n) is 7.40. The summed E-state index contributed by atoms with van der Waals surface area (Å²) in [5.41, 5.74) is 2.34. The molecule has 1 saturated heterocycles. The third-order valence-electron chi connectivity index (χ3n) is 4.09. The molecule has 0 aliphatic carbocycles. The number of hydrogen-bond acceptors (Lipinski definition) is 6. The second kappa shape index (κ2) is 6.08. The highest BCUT2D eigenvalue weighted by Crippen LogP contribution is 2.21. The number of nitriles is 1. The van der Waals surface area contributed by atoms with E-state index in [1.165, 1.54) is 0 Å². The van der Waals surface area contributed by atoms with Crippen LogP contribution in [0.4, 0.5) is 0 Å². The number of aryl methyl sites for hydroxylation is 1. The Morgan fingerprint density at radius 1 is 1.52 bits per heavy atom. The summed E-state index contributed by atoms with van der Waals surface area (Å²) in [7, 11) is 1.73. The van der Waals surface area contributed by atoms with Crippen LogP contribution in [0.1, 0.15) is 22.7 Å². The molecule has 1 amide bonds. The van der Waals surface area contributed by atoms with Crippen LogP contribution in [0, 0.1) is 18.4 Å². The predicted octanol–water partition coefficient (Wildman–Crippen LogP) is 1.67. The predicted molar refractivity (Wildman–Crippen MR) is 82.2 cm³/mol. The van der Waals surface area contributed by atoms with Crippen molar-refractivity contribution in [1.29, 1.82) is 5.26 Å². The Morgan fingerprint density at radius 2 is 2.35 bits per heavy atom. The van der Waals surface area contributed by atoms with Crippen molar-refractivity contribution in [3.05, 3.63) is 35.9 Å². The Bertz CT molecular complexity index is 764. The van der Waals surface area contributed by atoms with Gasteiger partial charge in [-0.15, -0.1) is 0 Å². The zero-order chi connectivity index (χ0) is 16.4. The number of likely N-dealkylation sites (N-methyl/N-ethyl adjacent to an activating group) is 1. The Hall–Kier alpha value is -2.88. The van der Waals surface area contributed by atoms with Crippen molar-refractivity contribution in [3.63, 3.8) is 0 Å². The zero-order valence-corrected chi connectivity index (χ0v) is 13.1. The molecule has 23 heavy (non-hydrogen) atoms. The molecule has 1 atom stereocenters. The first-order chi connectivity index (χ1) is 11.1. The van der Waals surface area contributed by atoms with E-state index in [1.54, 1.807) is 29.1 Å². The third-order valence-corrected chi connectivity index (χ3v) is 4.09. The van der Waals surface area contributed by atoms with Crippen molar-refractivity contribution < 1.29 is 9.32 Å². The standard InChI is InChI=1S/C16H17N5O2/c1-11-7-12(3-5-18-11)14-8-15(23-19-14)16(22)20(2)13-4-6-21(9-13)10-17/h3,5,7-8,13H,4,6,9H2,1-2H3/t13-/m1/s1. The van der Waals surface area contributed by atoms with E-state index < -0.39 is 0 Å². The maximum atomic E-state index is 12.5. The molecule has 3 heterocycles. The number of nitrogens with zero attached hydrogens (tertiary/aromatic N) is 5. The monoisotopic (exact) mass is 311 g/mol. The maximum Gasteiger partial charge on any atom is 0.292 e. The molecule has 1 fully saturated rings. The van der Waals surface area contributed by atoms with Crippen LogP contribution >= 0.6 is 0 Å². The van der Waals surface area contributed by atoms with Gasteiger partial charge in [-0.2, -0.15) is 5.26 Å². The van der Waals surface area contributed by atoms with Crippen molar-refractivity contribution >= 4 is 5.91 Å².